The highest BCUT2D eigenvalue weighted by Gasteiger charge is 2.16. The lowest BCUT2D eigenvalue weighted by Crippen LogP contribution is -2.27. The summed E-state index contributed by atoms with van der Waals surface area (Å²) in [4.78, 5) is 13.6. The summed E-state index contributed by atoms with van der Waals surface area (Å²) in [6.07, 6.45) is 20.6. The van der Waals surface area contributed by atoms with Gasteiger partial charge >= 0.3 is 5.97 Å². The van der Waals surface area contributed by atoms with E-state index in [0.29, 0.717) is 26.1 Å². The molecule has 27 heavy (non-hydrogen) atoms. The van der Waals surface area contributed by atoms with E-state index in [1.54, 1.807) is 0 Å². The SMILES string of the molecule is CCCCCCCCCCCCCCCCCC(=[O+])OCCN(C)CCO. The van der Waals surface area contributed by atoms with Gasteiger partial charge in [-0.15, -0.1) is 0 Å². The number of nitrogens with zero attached hydrogens (tertiary/aromatic N) is 1. The Morgan fingerprint density at radius 2 is 1.19 bits per heavy atom. The van der Waals surface area contributed by atoms with Gasteiger partial charge in [0, 0.05) is 11.3 Å². The smallest absolute Gasteiger partial charge is 0.395 e. The average Bonchev–Trinajstić information content (AvgIpc) is 2.65. The standard InChI is InChI=1S/C23H47NO3/c1-3-4-5-6-7-8-9-10-11-12-13-14-15-16-17-18-23(26)27-22-20-24(2)19-21-25/h25H,3-22H2,1-2H3/q+1. The summed E-state index contributed by atoms with van der Waals surface area (Å²) >= 11 is 0. The molecule has 161 valence electrons. The van der Waals surface area contributed by atoms with E-state index in [-0.39, 0.29) is 12.6 Å². The van der Waals surface area contributed by atoms with E-state index in [0.717, 1.165) is 12.8 Å². The van der Waals surface area contributed by atoms with Crippen LogP contribution in [-0.4, -0.2) is 49.3 Å². The van der Waals surface area contributed by atoms with Gasteiger partial charge in [0.25, 0.3) is 0 Å². The van der Waals surface area contributed by atoms with Crippen molar-refractivity contribution in [2.75, 3.05) is 33.4 Å². The Kier molecular flexibility index (Phi) is 21.2. The molecule has 0 amide bonds. The molecule has 0 rings (SSSR count). The monoisotopic (exact) mass is 385 g/mol. The molecule has 0 atom stereocenters. The molecule has 0 unspecified atom stereocenters. The van der Waals surface area contributed by atoms with Crippen molar-refractivity contribution in [3.05, 3.63) is 0 Å². The van der Waals surface area contributed by atoms with Crippen LogP contribution in [0.1, 0.15) is 110 Å². The summed E-state index contributed by atoms with van der Waals surface area (Å²) < 4.78 is 5.22. The van der Waals surface area contributed by atoms with Crippen LogP contribution in [0.3, 0.4) is 0 Å². The van der Waals surface area contributed by atoms with Crippen molar-refractivity contribution in [1.82, 2.24) is 4.90 Å². The molecule has 4 nitrogen and oxygen atoms in total. The number of rotatable bonds is 21. The van der Waals surface area contributed by atoms with Gasteiger partial charge in [0.05, 0.1) is 13.2 Å². The predicted octanol–water partition coefficient (Wildman–Crippen LogP) is 5.72. The molecule has 0 saturated carbocycles. The zero-order chi connectivity index (χ0) is 20.0. The molecule has 0 saturated heterocycles. The molecule has 4 heteroatoms. The number of unbranched alkanes of at least 4 members (excludes halogenated alkanes) is 14. The minimum Gasteiger partial charge on any atom is -0.395 e. The number of carbonyl (C=O) groups excluding carboxylic acids is 1. The number of likely N-dealkylation sites (N-methyl/N-ethyl adjacent to an activating group) is 1. The second kappa shape index (κ2) is 21.7. The zero-order valence-corrected chi connectivity index (χ0v) is 18.4. The maximum atomic E-state index is 11.6. The number of hydrogen-bond donors (Lipinski definition) is 1. The van der Waals surface area contributed by atoms with Crippen LogP contribution in [0.15, 0.2) is 0 Å². The van der Waals surface area contributed by atoms with Gasteiger partial charge in [-0.3, -0.25) is 4.90 Å². The first-order valence-corrected chi connectivity index (χ1v) is 11.7. The molecule has 0 bridgehead atoms. The largest absolute Gasteiger partial charge is 0.574 e. The molecule has 0 aromatic carbocycles. The van der Waals surface area contributed by atoms with Crippen LogP contribution in [-0.2, 0) is 9.53 Å². The van der Waals surface area contributed by atoms with Crippen LogP contribution in [0.25, 0.3) is 0 Å². The van der Waals surface area contributed by atoms with Crippen molar-refractivity contribution in [1.29, 1.82) is 0 Å². The minimum absolute atomic E-state index is 0.0814. The van der Waals surface area contributed by atoms with Crippen LogP contribution >= 0.6 is 0 Å². The first-order chi connectivity index (χ1) is 13.2. The summed E-state index contributed by atoms with van der Waals surface area (Å²) in [7, 11) is 1.92. The topological polar surface area (TPSA) is 52.6 Å². The van der Waals surface area contributed by atoms with Crippen molar-refractivity contribution < 1.29 is 14.6 Å². The van der Waals surface area contributed by atoms with Crippen molar-refractivity contribution >= 4 is 5.97 Å². The fourth-order valence-electron chi connectivity index (χ4n) is 3.31. The van der Waals surface area contributed by atoms with Crippen molar-refractivity contribution in [3.8, 4) is 0 Å². The van der Waals surface area contributed by atoms with E-state index in [1.807, 2.05) is 11.9 Å². The van der Waals surface area contributed by atoms with Gasteiger partial charge in [0.1, 0.15) is 6.42 Å². The molecule has 0 fully saturated rings. The van der Waals surface area contributed by atoms with Gasteiger partial charge in [-0.2, -0.15) is 0 Å². The highest BCUT2D eigenvalue weighted by Crippen LogP contribution is 2.13. The lowest BCUT2D eigenvalue weighted by Gasteiger charge is -2.11. The number of aliphatic hydroxyl groups excluding tert-OH is 1. The summed E-state index contributed by atoms with van der Waals surface area (Å²) in [6.45, 7) is 4.15. The third-order valence-corrected chi connectivity index (χ3v) is 5.20. The van der Waals surface area contributed by atoms with E-state index in [9.17, 15) is 4.79 Å². The normalized spacial score (nSPS) is 11.3. The fraction of sp³-hybridized carbons (Fsp3) is 0.957. The number of aliphatic hydroxyl groups is 1. The van der Waals surface area contributed by atoms with E-state index < -0.39 is 0 Å². The van der Waals surface area contributed by atoms with Crippen molar-refractivity contribution in [3.63, 3.8) is 0 Å². The van der Waals surface area contributed by atoms with Gasteiger partial charge in [-0.05, 0) is 13.5 Å². The molecular weight excluding hydrogens is 338 g/mol. The Morgan fingerprint density at radius 3 is 1.63 bits per heavy atom. The minimum atomic E-state index is -0.0814. The highest BCUT2D eigenvalue weighted by atomic mass is 16.5. The van der Waals surface area contributed by atoms with Crippen LogP contribution in [0.2, 0.25) is 0 Å². The Bertz CT molecular complexity index is 310. The quantitative estimate of drug-likeness (QED) is 0.156. The number of esters is 1. The molecule has 0 spiro atoms. The lowest BCUT2D eigenvalue weighted by atomic mass is 10.0. The third kappa shape index (κ3) is 21.5. The Hall–Kier alpha value is -0.610. The van der Waals surface area contributed by atoms with E-state index in [2.05, 4.69) is 6.92 Å². The molecule has 0 aliphatic carbocycles. The van der Waals surface area contributed by atoms with Gasteiger partial charge < -0.3 is 9.84 Å². The van der Waals surface area contributed by atoms with E-state index in [1.165, 1.54) is 83.5 Å². The van der Waals surface area contributed by atoms with Crippen LogP contribution in [0.4, 0.5) is 0 Å². The van der Waals surface area contributed by atoms with E-state index >= 15 is 0 Å². The maximum Gasteiger partial charge on any atom is 0.574 e. The molecule has 0 aliphatic rings. The number of ether oxygens (including phenoxy) is 1. The van der Waals surface area contributed by atoms with Gasteiger partial charge in [0.15, 0.2) is 6.61 Å². The van der Waals surface area contributed by atoms with Gasteiger partial charge in [-0.1, -0.05) is 96.8 Å². The van der Waals surface area contributed by atoms with Crippen LogP contribution in [0, 0.1) is 0 Å². The molecule has 0 heterocycles. The molecule has 1 N–H and O–H groups in total. The average molecular weight is 386 g/mol. The second-order valence-corrected chi connectivity index (χ2v) is 7.95. The Labute approximate surface area is 169 Å². The lowest BCUT2D eigenvalue weighted by molar-refractivity contribution is -0.144. The molecule has 0 aromatic rings. The molecule has 0 aliphatic heterocycles. The van der Waals surface area contributed by atoms with Crippen molar-refractivity contribution in [2.45, 2.75) is 110 Å². The number of hydrogen-bond acceptors (Lipinski definition) is 4. The first-order valence-electron chi connectivity index (χ1n) is 11.7. The highest BCUT2D eigenvalue weighted by molar-refractivity contribution is 5.69. The molecule has 1 radical (unpaired) electrons. The van der Waals surface area contributed by atoms with E-state index in [4.69, 9.17) is 9.84 Å². The number of carbonyl (C=O) groups is 1. The van der Waals surface area contributed by atoms with Crippen molar-refractivity contribution in [2.24, 2.45) is 0 Å². The van der Waals surface area contributed by atoms with Gasteiger partial charge in [-0.25, -0.2) is 0 Å². The van der Waals surface area contributed by atoms with Crippen LogP contribution < -0.4 is 0 Å². The summed E-state index contributed by atoms with van der Waals surface area (Å²) in [6, 6.07) is 0. The zero-order valence-electron chi connectivity index (χ0n) is 18.4. The predicted molar refractivity (Wildman–Crippen MR) is 115 cm³/mol. The summed E-state index contributed by atoms with van der Waals surface area (Å²) in [5.41, 5.74) is 0. The molecule has 0 aromatic heterocycles. The van der Waals surface area contributed by atoms with Gasteiger partial charge in [0.2, 0.25) is 0 Å². The summed E-state index contributed by atoms with van der Waals surface area (Å²) in [5, 5.41) is 8.80. The fourth-order valence-corrected chi connectivity index (χ4v) is 3.31. The second-order valence-electron chi connectivity index (χ2n) is 7.95. The summed E-state index contributed by atoms with van der Waals surface area (Å²) in [5.74, 6) is -0.0814. The Balaban J connectivity index is 3.16. The molecular formula is C23H47NO3+. The van der Waals surface area contributed by atoms with Crippen LogP contribution in [0.5, 0.6) is 0 Å². The first kappa shape index (κ1) is 26.4. The maximum absolute atomic E-state index is 11.6. The Morgan fingerprint density at radius 1 is 0.741 bits per heavy atom. The third-order valence-electron chi connectivity index (χ3n) is 5.20.